The van der Waals surface area contributed by atoms with Crippen molar-refractivity contribution in [3.05, 3.63) is 29.1 Å². The molecule has 0 saturated carbocycles. The Kier molecular flexibility index (Phi) is 4.77. The van der Waals surface area contributed by atoms with E-state index in [1.165, 1.54) is 4.90 Å². The van der Waals surface area contributed by atoms with E-state index in [2.05, 4.69) is 10.8 Å². The molecule has 3 rings (SSSR count). The fraction of sp³-hybridized carbons (Fsp3) is 0.667. The Hall–Kier alpha value is -1.31. The maximum Gasteiger partial charge on any atom is 0.407 e. The van der Waals surface area contributed by atoms with E-state index in [-0.39, 0.29) is 16.2 Å². The first-order chi connectivity index (χ1) is 11.6. The van der Waals surface area contributed by atoms with Crippen LogP contribution >= 0.6 is 0 Å². The molecule has 0 bridgehead atoms. The van der Waals surface area contributed by atoms with E-state index in [9.17, 15) is 14.5 Å². The van der Waals surface area contributed by atoms with Crippen molar-refractivity contribution in [2.24, 2.45) is 5.41 Å². The van der Waals surface area contributed by atoms with E-state index in [0.717, 1.165) is 36.2 Å². The summed E-state index contributed by atoms with van der Waals surface area (Å²) in [5.41, 5.74) is 3.05. The Balaban J connectivity index is 1.90. The summed E-state index contributed by atoms with van der Waals surface area (Å²) in [5, 5.41) is 9.25. The lowest BCUT2D eigenvalue weighted by molar-refractivity contribution is 0.0762. The molecule has 2 heterocycles. The molecule has 2 aliphatic rings. The monoisotopic (exact) mass is 365 g/mol. The Morgan fingerprint density at radius 1 is 1.40 bits per heavy atom. The van der Waals surface area contributed by atoms with E-state index in [1.54, 1.807) is 0 Å². The fourth-order valence-electron chi connectivity index (χ4n) is 3.87. The molecule has 0 aromatic carbocycles. The van der Waals surface area contributed by atoms with Crippen molar-refractivity contribution < 1.29 is 14.5 Å². The molecule has 1 amide bonds. The molecule has 1 aliphatic heterocycles. The minimum absolute atomic E-state index is 0.0494. The predicted octanol–water partition coefficient (Wildman–Crippen LogP) is 2.80. The van der Waals surface area contributed by atoms with Crippen LogP contribution in [0.1, 0.15) is 56.6 Å². The van der Waals surface area contributed by atoms with Gasteiger partial charge < -0.3 is 14.6 Å². The summed E-state index contributed by atoms with van der Waals surface area (Å²) in [6.07, 6.45) is 1.47. The highest BCUT2D eigenvalue weighted by atomic mass is 32.2. The van der Waals surface area contributed by atoms with E-state index in [0.29, 0.717) is 13.1 Å². The lowest BCUT2D eigenvalue weighted by atomic mass is 9.73. The summed E-state index contributed by atoms with van der Waals surface area (Å²) < 4.78 is 15.8. The zero-order valence-electron chi connectivity index (χ0n) is 15.3. The first kappa shape index (κ1) is 18.5. The van der Waals surface area contributed by atoms with E-state index in [4.69, 9.17) is 4.98 Å². The van der Waals surface area contributed by atoms with Gasteiger partial charge in [0.15, 0.2) is 0 Å². The third-order valence-electron chi connectivity index (χ3n) is 5.40. The third-order valence-corrected chi connectivity index (χ3v) is 6.96. The number of hydrogen-bond donors (Lipinski definition) is 2. The number of likely N-dealkylation sites (tertiary alicyclic amines) is 1. The van der Waals surface area contributed by atoms with Gasteiger partial charge >= 0.3 is 6.09 Å². The molecule has 0 radical (unpaired) electrons. The van der Waals surface area contributed by atoms with Gasteiger partial charge in [-0.3, -0.25) is 4.98 Å². The van der Waals surface area contributed by atoms with Crippen molar-refractivity contribution in [2.45, 2.75) is 57.7 Å². The van der Waals surface area contributed by atoms with Gasteiger partial charge in [0.2, 0.25) is 0 Å². The maximum atomic E-state index is 12.8. The van der Waals surface area contributed by atoms with Crippen molar-refractivity contribution in [3.63, 3.8) is 0 Å². The fourth-order valence-corrected chi connectivity index (χ4v) is 4.82. The van der Waals surface area contributed by atoms with Gasteiger partial charge in [-0.15, -0.1) is 4.72 Å². The number of pyridine rings is 1. The largest absolute Gasteiger partial charge is 0.598 e. The van der Waals surface area contributed by atoms with Gasteiger partial charge in [0.25, 0.3) is 0 Å². The van der Waals surface area contributed by atoms with Crippen molar-refractivity contribution in [1.29, 1.82) is 0 Å². The van der Waals surface area contributed by atoms with Crippen LogP contribution in [0.25, 0.3) is 0 Å². The highest BCUT2D eigenvalue weighted by Gasteiger charge is 2.51. The van der Waals surface area contributed by atoms with Crippen molar-refractivity contribution in [2.75, 3.05) is 13.1 Å². The highest BCUT2D eigenvalue weighted by Crippen LogP contribution is 2.52. The molecule has 1 aliphatic carbocycles. The molecule has 1 saturated heterocycles. The van der Waals surface area contributed by atoms with Crippen LogP contribution in [0.2, 0.25) is 0 Å². The number of carbonyl (C=O) groups is 1. The highest BCUT2D eigenvalue weighted by molar-refractivity contribution is 7.90. The molecular weight excluding hydrogens is 338 g/mol. The minimum Gasteiger partial charge on any atom is -0.598 e. The quantitative estimate of drug-likeness (QED) is 0.787. The van der Waals surface area contributed by atoms with Crippen LogP contribution in [0, 0.1) is 12.3 Å². The molecule has 2 N–H and O–H groups in total. The lowest BCUT2D eigenvalue weighted by Crippen LogP contribution is -2.50. The number of aromatic nitrogens is 1. The first-order valence-corrected chi connectivity index (χ1v) is 9.90. The third kappa shape index (κ3) is 3.50. The average molecular weight is 365 g/mol. The minimum atomic E-state index is -1.19. The number of nitrogens with one attached hydrogen (secondary N) is 1. The van der Waals surface area contributed by atoms with Gasteiger partial charge in [-0.25, -0.2) is 4.79 Å². The molecule has 25 heavy (non-hydrogen) atoms. The first-order valence-electron chi connectivity index (χ1n) is 8.75. The van der Waals surface area contributed by atoms with Crippen molar-refractivity contribution >= 4 is 17.5 Å². The number of amides is 1. The van der Waals surface area contributed by atoms with Crippen LogP contribution in [-0.4, -0.2) is 43.5 Å². The van der Waals surface area contributed by atoms with Gasteiger partial charge in [-0.2, -0.15) is 0 Å². The number of rotatable bonds is 2. The summed E-state index contributed by atoms with van der Waals surface area (Å²) >= 11 is -1.19. The Morgan fingerprint density at radius 2 is 2.04 bits per heavy atom. The molecular formula is C18H27N3O3S. The second-order valence-electron chi connectivity index (χ2n) is 8.23. The van der Waals surface area contributed by atoms with E-state index >= 15 is 0 Å². The van der Waals surface area contributed by atoms with Crippen LogP contribution in [0.15, 0.2) is 12.1 Å². The predicted molar refractivity (Wildman–Crippen MR) is 97.7 cm³/mol. The molecule has 1 fully saturated rings. The van der Waals surface area contributed by atoms with Crippen LogP contribution in [0.3, 0.4) is 0 Å². The average Bonchev–Trinajstić information content (AvgIpc) is 2.79. The zero-order chi connectivity index (χ0) is 18.4. The number of aryl methyl sites for hydroxylation is 1. The smallest absolute Gasteiger partial charge is 0.407 e. The number of nitrogens with zero attached hydrogens (tertiary/aromatic N) is 2. The van der Waals surface area contributed by atoms with Gasteiger partial charge in [-0.1, -0.05) is 6.07 Å². The number of fused-ring (bicyclic) bond motifs is 1. The number of hydrogen-bond acceptors (Lipinski definition) is 4. The van der Waals surface area contributed by atoms with Crippen molar-refractivity contribution in [1.82, 2.24) is 14.6 Å². The Bertz CT molecular complexity index is 666. The second kappa shape index (κ2) is 6.45. The van der Waals surface area contributed by atoms with Crippen LogP contribution < -0.4 is 4.72 Å². The SMILES string of the molecule is Cc1ccc2c(n1)CC1(CCN(C(=O)O)CC1)[C@H]2N[S@+]([O-])C(C)(C)C. The van der Waals surface area contributed by atoms with Crippen molar-refractivity contribution in [3.8, 4) is 0 Å². The molecule has 1 spiro atoms. The Labute approximate surface area is 152 Å². The summed E-state index contributed by atoms with van der Waals surface area (Å²) in [7, 11) is 0. The summed E-state index contributed by atoms with van der Waals surface area (Å²) in [6, 6.07) is 4.04. The Morgan fingerprint density at radius 3 is 2.60 bits per heavy atom. The van der Waals surface area contributed by atoms with Crippen LogP contribution in [0.4, 0.5) is 4.79 Å². The van der Waals surface area contributed by atoms with Crippen LogP contribution in [-0.2, 0) is 17.8 Å². The second-order valence-corrected chi connectivity index (χ2v) is 10.2. The van der Waals surface area contributed by atoms with E-state index in [1.807, 2.05) is 33.8 Å². The van der Waals surface area contributed by atoms with Gasteiger partial charge in [0.1, 0.15) is 4.75 Å². The van der Waals surface area contributed by atoms with Gasteiger partial charge in [0, 0.05) is 41.3 Å². The van der Waals surface area contributed by atoms with E-state index < -0.39 is 17.5 Å². The summed E-state index contributed by atoms with van der Waals surface area (Å²) in [4.78, 5) is 17.4. The molecule has 138 valence electrons. The molecule has 1 aromatic rings. The molecule has 1 aromatic heterocycles. The molecule has 0 unspecified atom stereocenters. The van der Waals surface area contributed by atoms with Gasteiger partial charge in [0.05, 0.1) is 6.04 Å². The standard InChI is InChI=1S/C18H27N3O3S/c1-12-5-6-13-14(19-12)11-18(7-9-21(10-8-18)16(22)23)15(13)20-25(24)17(2,3)4/h5-6,15,20H,7-11H2,1-4H3,(H,22,23)/t15-,25+/m0/s1. The van der Waals surface area contributed by atoms with Crippen LogP contribution in [0.5, 0.6) is 0 Å². The molecule has 7 heteroatoms. The topological polar surface area (TPSA) is 88.5 Å². The molecule has 2 atom stereocenters. The number of piperidine rings is 1. The normalized spacial score (nSPS) is 23.6. The summed E-state index contributed by atoms with van der Waals surface area (Å²) in [5.74, 6) is 0. The van der Waals surface area contributed by atoms with Gasteiger partial charge in [-0.05, 0) is 58.6 Å². The summed E-state index contributed by atoms with van der Waals surface area (Å²) in [6.45, 7) is 8.89. The number of carboxylic acid groups (broad SMARTS) is 1. The lowest BCUT2D eigenvalue weighted by Gasteiger charge is -2.42. The zero-order valence-corrected chi connectivity index (χ0v) is 16.2. The molecule has 6 nitrogen and oxygen atoms in total. The maximum absolute atomic E-state index is 12.8.